The molecule has 0 aromatic carbocycles. The van der Waals surface area contributed by atoms with Gasteiger partial charge in [-0.2, -0.15) is 0 Å². The molecule has 1 aromatic heterocycles. The summed E-state index contributed by atoms with van der Waals surface area (Å²) >= 11 is 1.57. The number of allylic oxidation sites excluding steroid dienone is 1. The summed E-state index contributed by atoms with van der Waals surface area (Å²) in [6, 6.07) is 0. The molecule has 2 N–H and O–H groups in total. The summed E-state index contributed by atoms with van der Waals surface area (Å²) in [6.07, 6.45) is 2.51. The zero-order chi connectivity index (χ0) is 12.4. The fourth-order valence-corrected chi connectivity index (χ4v) is 1.73. The highest BCUT2D eigenvalue weighted by Crippen LogP contribution is 2.28. The van der Waals surface area contributed by atoms with E-state index in [0.717, 1.165) is 24.5 Å². The van der Waals surface area contributed by atoms with Gasteiger partial charge in [0.1, 0.15) is 16.6 Å². The Morgan fingerprint density at radius 3 is 2.62 bits per heavy atom. The van der Waals surface area contributed by atoms with Crippen molar-refractivity contribution in [3.05, 3.63) is 22.8 Å². The highest BCUT2D eigenvalue weighted by atomic mass is 32.1. The van der Waals surface area contributed by atoms with Gasteiger partial charge >= 0.3 is 0 Å². The lowest BCUT2D eigenvalue weighted by Gasteiger charge is -2.01. The molecule has 0 radical (unpaired) electrons. The Kier molecular flexibility index (Phi) is 8.75. The molecule has 4 nitrogen and oxygen atoms in total. The average molecular weight is 243 g/mol. The number of hydrogen-bond donors (Lipinski definition) is 1. The van der Waals surface area contributed by atoms with E-state index in [1.165, 1.54) is 0 Å². The number of aromatic nitrogens is 2. The first-order valence-corrected chi connectivity index (χ1v) is 6.36. The van der Waals surface area contributed by atoms with E-state index < -0.39 is 0 Å². The van der Waals surface area contributed by atoms with E-state index in [1.807, 2.05) is 13.8 Å². The third-order valence-corrected chi connectivity index (χ3v) is 2.37. The van der Waals surface area contributed by atoms with Gasteiger partial charge < -0.3 is 10.5 Å². The second kappa shape index (κ2) is 9.30. The molecule has 1 saturated heterocycles. The highest BCUT2D eigenvalue weighted by Gasteiger charge is 2.19. The van der Waals surface area contributed by atoms with Crippen molar-refractivity contribution in [3.63, 3.8) is 0 Å². The van der Waals surface area contributed by atoms with Crippen LogP contribution in [0.3, 0.4) is 0 Å². The first-order valence-electron chi connectivity index (χ1n) is 5.49. The SMILES string of the molecule is C=C(C)N.CC.c1nnc(C2CCCO2)s1. The summed E-state index contributed by atoms with van der Waals surface area (Å²) in [7, 11) is 0. The fourth-order valence-electron chi connectivity index (χ4n) is 1.09. The number of ether oxygens (including phenoxy) is 1. The summed E-state index contributed by atoms with van der Waals surface area (Å²) < 4.78 is 5.41. The molecule has 92 valence electrons. The number of nitrogens with two attached hydrogens (primary N) is 1. The van der Waals surface area contributed by atoms with Crippen molar-refractivity contribution in [1.29, 1.82) is 0 Å². The monoisotopic (exact) mass is 243 g/mol. The van der Waals surface area contributed by atoms with Crippen LogP contribution in [0.1, 0.15) is 44.7 Å². The Hall–Kier alpha value is -0.940. The van der Waals surface area contributed by atoms with Gasteiger partial charge in [0, 0.05) is 6.61 Å². The zero-order valence-corrected chi connectivity index (χ0v) is 11.1. The van der Waals surface area contributed by atoms with Gasteiger partial charge in [-0.05, 0) is 25.5 Å². The Balaban J connectivity index is 0.000000323. The van der Waals surface area contributed by atoms with E-state index >= 15 is 0 Å². The van der Waals surface area contributed by atoms with Crippen molar-refractivity contribution >= 4 is 11.3 Å². The van der Waals surface area contributed by atoms with Crippen molar-refractivity contribution in [1.82, 2.24) is 10.2 Å². The Labute approximate surface area is 102 Å². The lowest BCUT2D eigenvalue weighted by molar-refractivity contribution is 0.111. The first kappa shape index (κ1) is 15.1. The highest BCUT2D eigenvalue weighted by molar-refractivity contribution is 7.09. The third-order valence-electron chi connectivity index (χ3n) is 1.58. The molecule has 0 aliphatic carbocycles. The first-order chi connectivity index (χ1) is 7.70. The molecule has 0 bridgehead atoms. The molecule has 16 heavy (non-hydrogen) atoms. The predicted octanol–water partition coefficient (Wildman–Crippen LogP) is 2.89. The minimum absolute atomic E-state index is 0.243. The third kappa shape index (κ3) is 6.53. The number of hydrogen-bond acceptors (Lipinski definition) is 5. The van der Waals surface area contributed by atoms with Crippen LogP contribution in [0.15, 0.2) is 17.8 Å². The summed E-state index contributed by atoms with van der Waals surface area (Å²) in [5, 5.41) is 8.72. The molecule has 1 atom stereocenters. The number of nitrogens with zero attached hydrogens (tertiary/aromatic N) is 2. The van der Waals surface area contributed by atoms with Crippen molar-refractivity contribution in [2.45, 2.75) is 39.7 Å². The maximum atomic E-state index is 5.41. The van der Waals surface area contributed by atoms with Gasteiger partial charge in [-0.1, -0.05) is 20.4 Å². The van der Waals surface area contributed by atoms with Crippen molar-refractivity contribution in [3.8, 4) is 0 Å². The summed E-state index contributed by atoms with van der Waals surface area (Å²) in [6.45, 7) is 9.96. The van der Waals surface area contributed by atoms with E-state index in [9.17, 15) is 0 Å². The van der Waals surface area contributed by atoms with Gasteiger partial charge in [0.15, 0.2) is 0 Å². The minimum Gasteiger partial charge on any atom is -0.403 e. The smallest absolute Gasteiger partial charge is 0.146 e. The minimum atomic E-state index is 0.243. The van der Waals surface area contributed by atoms with Crippen LogP contribution in [0.25, 0.3) is 0 Å². The molecule has 1 aliphatic rings. The van der Waals surface area contributed by atoms with Crippen LogP contribution in [0.5, 0.6) is 0 Å². The van der Waals surface area contributed by atoms with E-state index in [2.05, 4.69) is 16.8 Å². The van der Waals surface area contributed by atoms with E-state index in [-0.39, 0.29) is 6.10 Å². The zero-order valence-electron chi connectivity index (χ0n) is 10.3. The number of rotatable bonds is 1. The van der Waals surface area contributed by atoms with Gasteiger partial charge in [-0.25, -0.2) is 0 Å². The second-order valence-electron chi connectivity index (χ2n) is 3.12. The standard InChI is InChI=1S/C6H8N2OS.C3H7N.C2H6/c1-2-5(9-3-1)6-8-7-4-10-6;1-3(2)4;1-2/h4-5H,1-3H2;1,4H2,2H3;1-2H3. The fraction of sp³-hybridized carbons (Fsp3) is 0.636. The topological polar surface area (TPSA) is 61.0 Å². The largest absolute Gasteiger partial charge is 0.403 e. The van der Waals surface area contributed by atoms with Gasteiger partial charge in [-0.3, -0.25) is 0 Å². The molecular weight excluding hydrogens is 222 g/mol. The molecule has 0 spiro atoms. The van der Waals surface area contributed by atoms with Crippen LogP contribution >= 0.6 is 11.3 Å². The summed E-state index contributed by atoms with van der Waals surface area (Å²) in [5.41, 5.74) is 7.33. The normalized spacial score (nSPS) is 17.8. The van der Waals surface area contributed by atoms with Crippen LogP contribution < -0.4 is 5.73 Å². The van der Waals surface area contributed by atoms with Crippen LogP contribution in [-0.4, -0.2) is 16.8 Å². The van der Waals surface area contributed by atoms with E-state index in [1.54, 1.807) is 23.8 Å². The van der Waals surface area contributed by atoms with Crippen LogP contribution in [0.4, 0.5) is 0 Å². The summed E-state index contributed by atoms with van der Waals surface area (Å²) in [5.74, 6) is 0. The molecule has 1 aliphatic heterocycles. The van der Waals surface area contributed by atoms with E-state index in [4.69, 9.17) is 10.5 Å². The van der Waals surface area contributed by atoms with Crippen LogP contribution in [-0.2, 0) is 4.74 Å². The lowest BCUT2D eigenvalue weighted by atomic mass is 10.2. The van der Waals surface area contributed by atoms with E-state index in [0.29, 0.717) is 5.70 Å². The Bertz CT molecular complexity index is 265. The maximum Gasteiger partial charge on any atom is 0.146 e. The predicted molar refractivity (Wildman–Crippen MR) is 68.2 cm³/mol. The van der Waals surface area contributed by atoms with Gasteiger partial charge in [0.05, 0.1) is 0 Å². The Morgan fingerprint density at radius 2 is 2.25 bits per heavy atom. The van der Waals surface area contributed by atoms with Crippen LogP contribution in [0.2, 0.25) is 0 Å². The molecular formula is C11H21N3OS. The molecule has 1 fully saturated rings. The molecule has 0 saturated carbocycles. The quantitative estimate of drug-likeness (QED) is 0.824. The van der Waals surface area contributed by atoms with Crippen LogP contribution in [0, 0.1) is 0 Å². The summed E-state index contributed by atoms with van der Waals surface area (Å²) in [4.78, 5) is 0. The molecule has 1 aromatic rings. The van der Waals surface area contributed by atoms with Gasteiger partial charge in [-0.15, -0.1) is 21.5 Å². The lowest BCUT2D eigenvalue weighted by Crippen LogP contribution is -1.93. The molecule has 2 rings (SSSR count). The van der Waals surface area contributed by atoms with Gasteiger partial charge in [0.2, 0.25) is 0 Å². The Morgan fingerprint density at radius 1 is 1.62 bits per heavy atom. The molecule has 0 amide bonds. The molecule has 1 unspecified atom stereocenters. The molecule has 5 heteroatoms. The molecule has 2 heterocycles. The second-order valence-corrected chi connectivity index (χ2v) is 3.99. The van der Waals surface area contributed by atoms with Crippen molar-refractivity contribution in [2.75, 3.05) is 6.61 Å². The van der Waals surface area contributed by atoms with Crippen molar-refractivity contribution < 1.29 is 4.74 Å². The average Bonchev–Trinajstić information content (AvgIpc) is 2.93. The van der Waals surface area contributed by atoms with Gasteiger partial charge in [0.25, 0.3) is 0 Å². The maximum absolute atomic E-state index is 5.41. The van der Waals surface area contributed by atoms with Crippen molar-refractivity contribution in [2.24, 2.45) is 5.73 Å².